The van der Waals surface area contributed by atoms with E-state index in [1.165, 1.54) is 12.1 Å². The quantitative estimate of drug-likeness (QED) is 0.298. The van der Waals surface area contributed by atoms with Gasteiger partial charge in [0, 0.05) is 61.1 Å². The lowest BCUT2D eigenvalue weighted by Gasteiger charge is -2.39. The second-order valence-electron chi connectivity index (χ2n) is 11.5. The SMILES string of the molecule is CCOC(=O)C1(C)CCN(/C2=N/C=C(c3cn4c5c(nc4cc3F)CCO[C@H]5c3ccccc3OC(F)F)\C=C/CC2)CC1. The molecule has 8 nitrogen and oxygen atoms in total. The van der Waals surface area contributed by atoms with Crippen LogP contribution in [-0.4, -0.2) is 59.0 Å². The smallest absolute Gasteiger partial charge is 0.387 e. The number of carbonyl (C=O) groups excluding carboxylic acids is 1. The van der Waals surface area contributed by atoms with Crippen LogP contribution in [0.4, 0.5) is 13.2 Å². The maximum Gasteiger partial charge on any atom is 0.387 e. The number of hydrogen-bond acceptors (Lipinski definition) is 7. The molecule has 0 bridgehead atoms. The van der Waals surface area contributed by atoms with E-state index in [2.05, 4.69) is 9.88 Å². The van der Waals surface area contributed by atoms with Crippen LogP contribution < -0.4 is 4.74 Å². The summed E-state index contributed by atoms with van der Waals surface area (Å²) in [6, 6.07) is 7.91. The number of para-hydroxylation sites is 1. The summed E-state index contributed by atoms with van der Waals surface area (Å²) in [6.07, 6.45) is 9.79. The lowest BCUT2D eigenvalue weighted by atomic mass is 9.80. The molecule has 0 N–H and O–H groups in total. The average Bonchev–Trinajstić information content (AvgIpc) is 3.35. The van der Waals surface area contributed by atoms with E-state index in [-0.39, 0.29) is 11.7 Å². The lowest BCUT2D eigenvalue weighted by Crippen LogP contribution is -2.45. The fraction of sp³-hybridized carbons (Fsp3) is 0.424. The minimum atomic E-state index is -2.99. The highest BCUT2D eigenvalue weighted by Gasteiger charge is 2.39. The maximum absolute atomic E-state index is 15.6. The number of rotatable bonds is 6. The first kappa shape index (κ1) is 29.9. The molecular weight excluding hydrogens is 573 g/mol. The van der Waals surface area contributed by atoms with Gasteiger partial charge in [-0.2, -0.15) is 8.78 Å². The molecule has 0 radical (unpaired) electrons. The van der Waals surface area contributed by atoms with Crippen molar-refractivity contribution in [2.45, 2.75) is 58.7 Å². The Balaban J connectivity index is 1.33. The van der Waals surface area contributed by atoms with Gasteiger partial charge in [-0.15, -0.1) is 0 Å². The van der Waals surface area contributed by atoms with Crippen molar-refractivity contribution < 1.29 is 32.2 Å². The number of esters is 1. The van der Waals surface area contributed by atoms with E-state index < -0.39 is 23.9 Å². The molecule has 0 amide bonds. The topological polar surface area (TPSA) is 77.7 Å². The van der Waals surface area contributed by atoms with Crippen molar-refractivity contribution in [1.82, 2.24) is 14.3 Å². The van der Waals surface area contributed by atoms with Gasteiger partial charge in [0.05, 0.1) is 30.0 Å². The zero-order valence-corrected chi connectivity index (χ0v) is 24.8. The van der Waals surface area contributed by atoms with Crippen LogP contribution in [0.5, 0.6) is 5.75 Å². The standard InChI is InChI=1S/C33H35F3N4O4/c1-3-42-31(41)33(2)13-15-39(16-14-33)27-11-7-4-8-21(19-37-27)23-20-40-28(18-24(23)34)38-25-12-17-43-30(29(25)40)22-9-5-6-10-26(22)44-32(35)36/h4-6,8-10,18-20,30,32H,3,7,11-17H2,1-2H3/b8-4-,21-19+,37-27+/t30-/m0/s1. The van der Waals surface area contributed by atoms with E-state index in [0.29, 0.717) is 79.3 Å². The third-order valence-electron chi connectivity index (χ3n) is 8.61. The Morgan fingerprint density at radius 2 is 2.00 bits per heavy atom. The molecule has 2 aromatic heterocycles. The van der Waals surface area contributed by atoms with Gasteiger partial charge in [0.1, 0.15) is 29.2 Å². The fourth-order valence-electron chi connectivity index (χ4n) is 6.14. The number of aliphatic imine (C=N–C) groups is 1. The summed E-state index contributed by atoms with van der Waals surface area (Å²) in [5.41, 5.74) is 2.62. The third-order valence-corrected chi connectivity index (χ3v) is 8.61. The molecule has 232 valence electrons. The van der Waals surface area contributed by atoms with Crippen molar-refractivity contribution in [3.8, 4) is 5.75 Å². The number of fused-ring (bicyclic) bond motifs is 3. The monoisotopic (exact) mass is 608 g/mol. The molecule has 0 aliphatic carbocycles. The normalized spacial score (nSPS) is 23.1. The molecule has 0 saturated carbocycles. The van der Waals surface area contributed by atoms with Crippen molar-refractivity contribution in [2.75, 3.05) is 26.3 Å². The Labute approximate surface area is 253 Å². The molecule has 1 saturated heterocycles. The molecule has 1 atom stereocenters. The number of alkyl halides is 2. The van der Waals surface area contributed by atoms with Gasteiger partial charge in [-0.25, -0.2) is 14.4 Å². The average molecular weight is 609 g/mol. The summed E-state index contributed by atoms with van der Waals surface area (Å²) in [6.45, 7) is 2.84. The van der Waals surface area contributed by atoms with Gasteiger partial charge in [-0.1, -0.05) is 30.4 Å². The Kier molecular flexibility index (Phi) is 8.48. The molecule has 0 spiro atoms. The number of piperidine rings is 1. The molecule has 11 heteroatoms. The molecule has 44 heavy (non-hydrogen) atoms. The molecular formula is C33H35F3N4O4. The van der Waals surface area contributed by atoms with Gasteiger partial charge in [-0.05, 0) is 39.2 Å². The first-order valence-electron chi connectivity index (χ1n) is 15.0. The van der Waals surface area contributed by atoms with Gasteiger partial charge >= 0.3 is 12.6 Å². The van der Waals surface area contributed by atoms with Crippen LogP contribution in [0.1, 0.15) is 68.1 Å². The fourth-order valence-corrected chi connectivity index (χ4v) is 6.14. The van der Waals surface area contributed by atoms with Crippen LogP contribution in [0.25, 0.3) is 11.2 Å². The van der Waals surface area contributed by atoms with Gasteiger partial charge in [0.15, 0.2) is 0 Å². The highest BCUT2D eigenvalue weighted by atomic mass is 19.3. The third kappa shape index (κ3) is 5.85. The number of allylic oxidation sites excluding steroid dienone is 3. The molecule has 5 heterocycles. The maximum atomic E-state index is 15.6. The molecule has 0 unspecified atom stereocenters. The predicted molar refractivity (Wildman–Crippen MR) is 159 cm³/mol. The highest BCUT2D eigenvalue weighted by Crippen LogP contribution is 2.39. The highest BCUT2D eigenvalue weighted by molar-refractivity contribution is 5.86. The van der Waals surface area contributed by atoms with E-state index in [0.717, 1.165) is 18.7 Å². The van der Waals surface area contributed by atoms with Crippen LogP contribution in [0.15, 0.2) is 59.9 Å². The second kappa shape index (κ2) is 12.5. The minimum Gasteiger partial charge on any atom is -0.466 e. The number of pyridine rings is 1. The van der Waals surface area contributed by atoms with Gasteiger partial charge in [0.25, 0.3) is 0 Å². The number of hydrogen-bond donors (Lipinski definition) is 0. The largest absolute Gasteiger partial charge is 0.466 e. The van der Waals surface area contributed by atoms with Crippen molar-refractivity contribution in [3.63, 3.8) is 0 Å². The zero-order valence-electron chi connectivity index (χ0n) is 24.8. The first-order valence-corrected chi connectivity index (χ1v) is 15.0. The van der Waals surface area contributed by atoms with Gasteiger partial charge < -0.3 is 19.1 Å². The van der Waals surface area contributed by atoms with E-state index in [9.17, 15) is 13.6 Å². The summed E-state index contributed by atoms with van der Waals surface area (Å²) in [7, 11) is 0. The molecule has 6 rings (SSSR count). The van der Waals surface area contributed by atoms with Crippen molar-refractivity contribution in [2.24, 2.45) is 10.4 Å². The van der Waals surface area contributed by atoms with Gasteiger partial charge in [0.2, 0.25) is 0 Å². The van der Waals surface area contributed by atoms with Crippen LogP contribution in [0.2, 0.25) is 0 Å². The van der Waals surface area contributed by atoms with E-state index in [1.54, 1.807) is 35.0 Å². The Morgan fingerprint density at radius 3 is 2.77 bits per heavy atom. The second-order valence-corrected chi connectivity index (χ2v) is 11.5. The number of benzene rings is 1. The summed E-state index contributed by atoms with van der Waals surface area (Å²) in [5.74, 6) is 0.304. The number of carbonyl (C=O) groups is 1. The summed E-state index contributed by atoms with van der Waals surface area (Å²) in [5, 5.41) is 0. The van der Waals surface area contributed by atoms with E-state index in [4.69, 9.17) is 19.2 Å². The summed E-state index contributed by atoms with van der Waals surface area (Å²) < 4.78 is 60.0. The van der Waals surface area contributed by atoms with Crippen LogP contribution in [-0.2, 0) is 20.7 Å². The lowest BCUT2D eigenvalue weighted by molar-refractivity contribution is -0.156. The van der Waals surface area contributed by atoms with Crippen molar-refractivity contribution in [1.29, 1.82) is 0 Å². The molecule has 3 aromatic rings. The van der Waals surface area contributed by atoms with Crippen molar-refractivity contribution >= 4 is 23.0 Å². The van der Waals surface area contributed by atoms with Crippen LogP contribution in [0, 0.1) is 11.2 Å². The zero-order chi connectivity index (χ0) is 30.8. The Morgan fingerprint density at radius 1 is 1.20 bits per heavy atom. The van der Waals surface area contributed by atoms with E-state index >= 15 is 4.39 Å². The van der Waals surface area contributed by atoms with Crippen LogP contribution in [0.3, 0.4) is 0 Å². The van der Waals surface area contributed by atoms with E-state index in [1.807, 2.05) is 26.0 Å². The predicted octanol–water partition coefficient (Wildman–Crippen LogP) is 6.49. The number of ether oxygens (including phenoxy) is 3. The van der Waals surface area contributed by atoms with Crippen molar-refractivity contribution in [3.05, 3.63) is 83.2 Å². The number of imidazole rings is 1. The number of amidine groups is 1. The summed E-state index contributed by atoms with van der Waals surface area (Å²) >= 11 is 0. The van der Waals surface area contributed by atoms with Crippen LogP contribution >= 0.6 is 0 Å². The Hall–Kier alpha value is -4.12. The number of halogens is 3. The number of aromatic nitrogens is 2. The molecule has 3 aliphatic rings. The minimum absolute atomic E-state index is 0.0189. The number of likely N-dealkylation sites (tertiary alicyclic amines) is 1. The Bertz CT molecular complexity index is 1640. The summed E-state index contributed by atoms with van der Waals surface area (Å²) in [4.78, 5) is 24.1. The molecule has 1 fully saturated rings. The van der Waals surface area contributed by atoms with Gasteiger partial charge in [-0.3, -0.25) is 9.20 Å². The molecule has 1 aromatic carbocycles. The molecule has 3 aliphatic heterocycles. The number of nitrogens with zero attached hydrogens (tertiary/aromatic N) is 4. The first-order chi connectivity index (χ1) is 21.3.